The Bertz CT molecular complexity index is 443. The number of benzene rings is 1. The molecule has 0 saturated heterocycles. The second-order valence-corrected chi connectivity index (χ2v) is 6.98. The predicted octanol–water partition coefficient (Wildman–Crippen LogP) is 4.45. The maximum absolute atomic E-state index is 3.73. The van der Waals surface area contributed by atoms with Gasteiger partial charge in [0.15, 0.2) is 0 Å². The summed E-state index contributed by atoms with van der Waals surface area (Å²) in [6.07, 6.45) is 5.84. The lowest BCUT2D eigenvalue weighted by atomic mass is 9.80. The summed E-state index contributed by atoms with van der Waals surface area (Å²) in [6.45, 7) is 2.18. The predicted molar refractivity (Wildman–Crippen MR) is 79.6 cm³/mol. The lowest BCUT2D eigenvalue weighted by molar-refractivity contribution is 0.259. The topological polar surface area (TPSA) is 12.0 Å². The SMILES string of the molecule is CNC(c1cc(C)ccc1Br)C1CC2CCC1C2. The molecular formula is C16H22BrN. The molecule has 98 valence electrons. The van der Waals surface area contributed by atoms with Crippen molar-refractivity contribution in [3.8, 4) is 0 Å². The van der Waals surface area contributed by atoms with Gasteiger partial charge in [-0.3, -0.25) is 0 Å². The molecule has 2 aliphatic rings. The highest BCUT2D eigenvalue weighted by Gasteiger charge is 2.43. The Morgan fingerprint density at radius 1 is 1.28 bits per heavy atom. The molecule has 4 unspecified atom stereocenters. The fourth-order valence-electron chi connectivity index (χ4n) is 4.20. The van der Waals surface area contributed by atoms with Crippen molar-refractivity contribution in [2.75, 3.05) is 7.05 Å². The minimum Gasteiger partial charge on any atom is -0.313 e. The van der Waals surface area contributed by atoms with Crippen molar-refractivity contribution in [1.29, 1.82) is 0 Å². The van der Waals surface area contributed by atoms with Gasteiger partial charge in [-0.25, -0.2) is 0 Å². The average molecular weight is 308 g/mol. The van der Waals surface area contributed by atoms with Crippen LogP contribution in [0.15, 0.2) is 22.7 Å². The third-order valence-electron chi connectivity index (χ3n) is 5.02. The lowest BCUT2D eigenvalue weighted by Crippen LogP contribution is -2.29. The van der Waals surface area contributed by atoms with Gasteiger partial charge in [-0.2, -0.15) is 0 Å². The molecule has 2 saturated carbocycles. The molecule has 1 aromatic carbocycles. The van der Waals surface area contributed by atoms with Crippen molar-refractivity contribution < 1.29 is 0 Å². The summed E-state index contributed by atoms with van der Waals surface area (Å²) in [4.78, 5) is 0. The zero-order chi connectivity index (χ0) is 12.7. The van der Waals surface area contributed by atoms with Gasteiger partial charge in [-0.05, 0) is 62.6 Å². The fraction of sp³-hybridized carbons (Fsp3) is 0.625. The van der Waals surface area contributed by atoms with Crippen LogP contribution in [0.2, 0.25) is 0 Å². The molecule has 0 heterocycles. The van der Waals surface area contributed by atoms with Gasteiger partial charge in [0.05, 0.1) is 0 Å². The van der Waals surface area contributed by atoms with Crippen LogP contribution >= 0.6 is 15.9 Å². The van der Waals surface area contributed by atoms with Crippen molar-refractivity contribution in [3.05, 3.63) is 33.8 Å². The number of rotatable bonds is 3. The van der Waals surface area contributed by atoms with Crippen LogP contribution in [0.1, 0.15) is 42.9 Å². The fourth-order valence-corrected chi connectivity index (χ4v) is 4.70. The highest BCUT2D eigenvalue weighted by Crippen LogP contribution is 2.53. The Labute approximate surface area is 118 Å². The molecule has 2 aliphatic carbocycles. The molecular weight excluding hydrogens is 286 g/mol. The Morgan fingerprint density at radius 2 is 2.11 bits per heavy atom. The monoisotopic (exact) mass is 307 g/mol. The quantitative estimate of drug-likeness (QED) is 0.869. The molecule has 1 nitrogen and oxygen atoms in total. The highest BCUT2D eigenvalue weighted by molar-refractivity contribution is 9.10. The Hall–Kier alpha value is -0.340. The second-order valence-electron chi connectivity index (χ2n) is 6.13. The Balaban J connectivity index is 1.90. The van der Waals surface area contributed by atoms with Crippen LogP contribution in [0.4, 0.5) is 0 Å². The van der Waals surface area contributed by atoms with Crippen LogP contribution in [-0.4, -0.2) is 7.05 Å². The zero-order valence-electron chi connectivity index (χ0n) is 11.2. The van der Waals surface area contributed by atoms with Crippen LogP contribution in [0.25, 0.3) is 0 Å². The van der Waals surface area contributed by atoms with E-state index in [2.05, 4.69) is 53.4 Å². The standard InChI is InChI=1S/C16H22BrN/c1-10-3-6-15(17)14(7-10)16(18-2)13-9-11-4-5-12(13)8-11/h3,6-7,11-13,16,18H,4-5,8-9H2,1-2H3. The number of hydrogen-bond donors (Lipinski definition) is 1. The van der Waals surface area contributed by atoms with Crippen molar-refractivity contribution in [3.63, 3.8) is 0 Å². The largest absolute Gasteiger partial charge is 0.313 e. The Morgan fingerprint density at radius 3 is 2.72 bits per heavy atom. The van der Waals surface area contributed by atoms with Gasteiger partial charge in [0.1, 0.15) is 0 Å². The third kappa shape index (κ3) is 2.14. The number of nitrogens with one attached hydrogen (secondary N) is 1. The molecule has 0 amide bonds. The average Bonchev–Trinajstić information content (AvgIpc) is 2.97. The summed E-state index contributed by atoms with van der Waals surface area (Å²) in [7, 11) is 2.12. The maximum Gasteiger partial charge on any atom is 0.0360 e. The van der Waals surface area contributed by atoms with Gasteiger partial charge in [-0.1, -0.05) is 40.0 Å². The molecule has 2 bridgehead atoms. The summed E-state index contributed by atoms with van der Waals surface area (Å²) in [5.74, 6) is 2.81. The van der Waals surface area contributed by atoms with Crippen LogP contribution in [0.5, 0.6) is 0 Å². The smallest absolute Gasteiger partial charge is 0.0360 e. The minimum absolute atomic E-state index is 0.523. The lowest BCUT2D eigenvalue weighted by Gasteiger charge is -2.31. The summed E-state index contributed by atoms with van der Waals surface area (Å²) in [5.41, 5.74) is 2.81. The molecule has 2 fully saturated rings. The van der Waals surface area contributed by atoms with Gasteiger partial charge >= 0.3 is 0 Å². The molecule has 0 spiro atoms. The number of halogens is 1. The molecule has 0 radical (unpaired) electrons. The van der Waals surface area contributed by atoms with Gasteiger partial charge in [0, 0.05) is 10.5 Å². The molecule has 0 aliphatic heterocycles. The van der Waals surface area contributed by atoms with Crippen molar-refractivity contribution in [2.45, 2.75) is 38.6 Å². The molecule has 1 aromatic rings. The molecule has 18 heavy (non-hydrogen) atoms. The van der Waals surface area contributed by atoms with Crippen molar-refractivity contribution in [1.82, 2.24) is 5.32 Å². The van der Waals surface area contributed by atoms with E-state index >= 15 is 0 Å². The molecule has 1 N–H and O–H groups in total. The maximum atomic E-state index is 3.73. The normalized spacial score (nSPS) is 31.8. The highest BCUT2D eigenvalue weighted by atomic mass is 79.9. The summed E-state index contributed by atoms with van der Waals surface area (Å²) in [5, 5.41) is 3.58. The van der Waals surface area contributed by atoms with Crippen molar-refractivity contribution >= 4 is 15.9 Å². The van der Waals surface area contributed by atoms with Gasteiger partial charge in [0.2, 0.25) is 0 Å². The number of fused-ring (bicyclic) bond motifs is 2. The van der Waals surface area contributed by atoms with E-state index in [4.69, 9.17) is 0 Å². The van der Waals surface area contributed by atoms with Gasteiger partial charge in [0.25, 0.3) is 0 Å². The minimum atomic E-state index is 0.523. The van der Waals surface area contributed by atoms with Gasteiger partial charge in [-0.15, -0.1) is 0 Å². The molecule has 4 atom stereocenters. The molecule has 3 rings (SSSR count). The first kappa shape index (κ1) is 12.7. The van der Waals surface area contributed by atoms with E-state index < -0.39 is 0 Å². The first-order valence-electron chi connectivity index (χ1n) is 7.12. The van der Waals surface area contributed by atoms with E-state index in [1.54, 1.807) is 0 Å². The van der Waals surface area contributed by atoms with E-state index in [-0.39, 0.29) is 0 Å². The van der Waals surface area contributed by atoms with E-state index in [0.717, 1.165) is 17.8 Å². The van der Waals surface area contributed by atoms with Crippen molar-refractivity contribution in [2.24, 2.45) is 17.8 Å². The third-order valence-corrected chi connectivity index (χ3v) is 5.74. The van der Waals surface area contributed by atoms with E-state index in [1.165, 1.54) is 41.3 Å². The van der Waals surface area contributed by atoms with Crippen LogP contribution in [0.3, 0.4) is 0 Å². The first-order valence-corrected chi connectivity index (χ1v) is 7.91. The zero-order valence-corrected chi connectivity index (χ0v) is 12.8. The number of hydrogen-bond acceptors (Lipinski definition) is 1. The van der Waals surface area contributed by atoms with Gasteiger partial charge < -0.3 is 5.32 Å². The van der Waals surface area contributed by atoms with E-state index in [0.29, 0.717) is 6.04 Å². The van der Waals surface area contributed by atoms with Crippen LogP contribution < -0.4 is 5.32 Å². The molecule has 0 aromatic heterocycles. The summed E-state index contributed by atoms with van der Waals surface area (Å²) in [6, 6.07) is 7.25. The summed E-state index contributed by atoms with van der Waals surface area (Å²) < 4.78 is 1.26. The Kier molecular flexibility index (Phi) is 3.50. The summed E-state index contributed by atoms with van der Waals surface area (Å²) >= 11 is 3.73. The first-order chi connectivity index (χ1) is 8.69. The van der Waals surface area contributed by atoms with E-state index in [9.17, 15) is 0 Å². The van der Waals surface area contributed by atoms with E-state index in [1.807, 2.05) is 0 Å². The van der Waals surface area contributed by atoms with Crippen LogP contribution in [-0.2, 0) is 0 Å². The van der Waals surface area contributed by atoms with Crippen LogP contribution in [0, 0.1) is 24.7 Å². The number of aryl methyl sites for hydroxylation is 1. The molecule has 2 heteroatoms. The second kappa shape index (κ2) is 4.97.